The Morgan fingerprint density at radius 3 is 2.77 bits per heavy atom. The van der Waals surface area contributed by atoms with Crippen LogP contribution in [0.2, 0.25) is 5.02 Å². The van der Waals surface area contributed by atoms with Crippen LogP contribution in [0, 0.1) is 0 Å². The molecule has 0 aromatic heterocycles. The van der Waals surface area contributed by atoms with Gasteiger partial charge in [-0.25, -0.2) is 0 Å². The fourth-order valence-corrected chi connectivity index (χ4v) is 3.02. The highest BCUT2D eigenvalue weighted by Gasteiger charge is 2.26. The number of nitrogens with one attached hydrogen (secondary N) is 2. The maximum absolute atomic E-state index is 12.1. The lowest BCUT2D eigenvalue weighted by Crippen LogP contribution is -2.44. The van der Waals surface area contributed by atoms with Gasteiger partial charge in [-0.15, -0.1) is 24.0 Å². The normalized spacial score (nSPS) is 17.8. The van der Waals surface area contributed by atoms with Crippen LogP contribution in [0.15, 0.2) is 29.3 Å². The summed E-state index contributed by atoms with van der Waals surface area (Å²) in [4.78, 5) is 6.39. The molecule has 1 heterocycles. The van der Waals surface area contributed by atoms with Crippen molar-refractivity contribution in [2.75, 3.05) is 31.6 Å². The number of unbranched alkanes of at least 4 members (excludes halogenated alkanes) is 1. The highest BCUT2D eigenvalue weighted by atomic mass is 127. The second-order valence-corrected chi connectivity index (χ2v) is 6.56. The summed E-state index contributed by atoms with van der Waals surface area (Å²) in [7, 11) is 1.66. The molecule has 0 radical (unpaired) electrons. The van der Waals surface area contributed by atoms with Gasteiger partial charge in [0.1, 0.15) is 0 Å². The molecule has 1 aromatic carbocycles. The molecule has 1 unspecified atom stereocenters. The molecule has 2 N–H and O–H groups in total. The van der Waals surface area contributed by atoms with Gasteiger partial charge in [-0.3, -0.25) is 4.99 Å². The number of aliphatic imine (C=N–C) groups is 1. The highest BCUT2D eigenvalue weighted by molar-refractivity contribution is 14.0. The molecule has 26 heavy (non-hydrogen) atoms. The Kier molecular flexibility index (Phi) is 9.84. The number of benzene rings is 1. The first-order chi connectivity index (χ1) is 11.9. The number of hydrogen-bond donors (Lipinski definition) is 2. The van der Waals surface area contributed by atoms with E-state index in [2.05, 4.69) is 20.5 Å². The quantitative estimate of drug-likeness (QED) is 0.261. The van der Waals surface area contributed by atoms with E-state index in [9.17, 15) is 13.2 Å². The van der Waals surface area contributed by atoms with E-state index in [-0.39, 0.29) is 36.4 Å². The number of guanidine groups is 1. The molecule has 1 aliphatic rings. The molecule has 148 valence electrons. The molecule has 0 aliphatic carbocycles. The van der Waals surface area contributed by atoms with Crippen molar-refractivity contribution in [2.24, 2.45) is 4.99 Å². The van der Waals surface area contributed by atoms with Crippen LogP contribution < -0.4 is 15.5 Å². The van der Waals surface area contributed by atoms with Gasteiger partial charge in [0.05, 0.1) is 0 Å². The summed E-state index contributed by atoms with van der Waals surface area (Å²) in [6.07, 6.45) is -3.27. The molecule has 9 heteroatoms. The number of rotatable bonds is 6. The number of anilines is 1. The van der Waals surface area contributed by atoms with E-state index >= 15 is 0 Å². The number of halogens is 5. The van der Waals surface area contributed by atoms with Crippen LogP contribution >= 0.6 is 35.6 Å². The molecule has 1 fully saturated rings. The average Bonchev–Trinajstić information content (AvgIpc) is 3.01. The van der Waals surface area contributed by atoms with Crippen LogP contribution in [0.1, 0.15) is 25.7 Å². The third-order valence-electron chi connectivity index (χ3n) is 4.11. The summed E-state index contributed by atoms with van der Waals surface area (Å²) in [5, 5.41) is 7.12. The van der Waals surface area contributed by atoms with E-state index in [4.69, 9.17) is 11.6 Å². The molecule has 0 amide bonds. The third-order valence-corrected chi connectivity index (χ3v) is 4.34. The maximum Gasteiger partial charge on any atom is 0.389 e. The minimum Gasteiger partial charge on any atom is -0.369 e. The first-order valence-corrected chi connectivity index (χ1v) is 8.79. The Labute approximate surface area is 174 Å². The van der Waals surface area contributed by atoms with Gasteiger partial charge in [0.2, 0.25) is 0 Å². The van der Waals surface area contributed by atoms with Gasteiger partial charge in [0, 0.05) is 49.9 Å². The zero-order chi connectivity index (χ0) is 18.3. The fraction of sp³-hybridized carbons (Fsp3) is 0.588. The number of alkyl halides is 3. The fourth-order valence-electron chi connectivity index (χ4n) is 2.83. The van der Waals surface area contributed by atoms with E-state index in [1.54, 1.807) is 7.05 Å². The molecule has 0 spiro atoms. The Morgan fingerprint density at radius 2 is 2.12 bits per heavy atom. The summed E-state index contributed by atoms with van der Waals surface area (Å²) >= 11 is 6.04. The van der Waals surface area contributed by atoms with Crippen LogP contribution in [-0.2, 0) is 0 Å². The van der Waals surface area contributed by atoms with Crippen molar-refractivity contribution in [3.05, 3.63) is 29.3 Å². The molecular formula is C17H25ClF3IN4. The molecule has 0 saturated carbocycles. The van der Waals surface area contributed by atoms with Crippen LogP contribution in [0.5, 0.6) is 0 Å². The predicted octanol–water partition coefficient (Wildman–Crippen LogP) is 4.43. The SMILES string of the molecule is CN=C(NCCCCC(F)(F)F)NC1CCN(c2cccc(Cl)c2)C1.I. The third kappa shape index (κ3) is 8.20. The van der Waals surface area contributed by atoms with Crippen molar-refractivity contribution in [1.29, 1.82) is 0 Å². The smallest absolute Gasteiger partial charge is 0.369 e. The van der Waals surface area contributed by atoms with Crippen LogP contribution in [0.4, 0.5) is 18.9 Å². The van der Waals surface area contributed by atoms with Gasteiger partial charge in [-0.1, -0.05) is 17.7 Å². The van der Waals surface area contributed by atoms with Crippen LogP contribution in [-0.4, -0.2) is 44.9 Å². The van der Waals surface area contributed by atoms with E-state index in [1.165, 1.54) is 0 Å². The molecule has 2 rings (SSSR count). The van der Waals surface area contributed by atoms with E-state index < -0.39 is 12.6 Å². The highest BCUT2D eigenvalue weighted by Crippen LogP contribution is 2.23. The standard InChI is InChI=1S/C17H24ClF3N4.HI/c1-22-16(23-9-3-2-8-17(19,20)21)24-14-7-10-25(12-14)15-6-4-5-13(18)11-15;/h4-6,11,14H,2-3,7-10,12H2,1H3,(H2,22,23,24);1H. The van der Waals surface area contributed by atoms with Crippen molar-refractivity contribution in [2.45, 2.75) is 37.9 Å². The second-order valence-electron chi connectivity index (χ2n) is 6.13. The minimum absolute atomic E-state index is 0. The van der Waals surface area contributed by atoms with Crippen molar-refractivity contribution in [3.63, 3.8) is 0 Å². The molecule has 0 bridgehead atoms. The van der Waals surface area contributed by atoms with Gasteiger partial charge in [0.25, 0.3) is 0 Å². The summed E-state index contributed by atoms with van der Waals surface area (Å²) in [6.45, 7) is 2.22. The van der Waals surface area contributed by atoms with Crippen molar-refractivity contribution in [3.8, 4) is 0 Å². The van der Waals surface area contributed by atoms with Gasteiger partial charge >= 0.3 is 6.18 Å². The summed E-state index contributed by atoms with van der Waals surface area (Å²) in [5.74, 6) is 0.630. The lowest BCUT2D eigenvalue weighted by atomic mass is 10.2. The van der Waals surface area contributed by atoms with Crippen molar-refractivity contribution >= 4 is 47.2 Å². The van der Waals surface area contributed by atoms with Gasteiger partial charge in [0.15, 0.2) is 5.96 Å². The number of hydrogen-bond acceptors (Lipinski definition) is 2. The van der Waals surface area contributed by atoms with Gasteiger partial charge < -0.3 is 15.5 Å². The monoisotopic (exact) mass is 504 g/mol. The summed E-state index contributed by atoms with van der Waals surface area (Å²) < 4.78 is 36.3. The molecule has 1 saturated heterocycles. The second kappa shape index (κ2) is 11.1. The van der Waals surface area contributed by atoms with E-state index in [0.29, 0.717) is 23.9 Å². The lowest BCUT2D eigenvalue weighted by Gasteiger charge is -2.20. The lowest BCUT2D eigenvalue weighted by molar-refractivity contribution is -0.135. The van der Waals surface area contributed by atoms with Gasteiger partial charge in [-0.2, -0.15) is 13.2 Å². The van der Waals surface area contributed by atoms with Crippen LogP contribution in [0.25, 0.3) is 0 Å². The summed E-state index contributed by atoms with van der Waals surface area (Å²) in [5.41, 5.74) is 1.09. The molecule has 1 atom stereocenters. The minimum atomic E-state index is -4.08. The number of nitrogens with zero attached hydrogens (tertiary/aromatic N) is 2. The van der Waals surface area contributed by atoms with Gasteiger partial charge in [-0.05, 0) is 37.5 Å². The molecule has 4 nitrogen and oxygen atoms in total. The zero-order valence-corrected chi connectivity index (χ0v) is 17.7. The molecule has 1 aromatic rings. The zero-order valence-electron chi connectivity index (χ0n) is 14.7. The Balaban J connectivity index is 0.00000338. The van der Waals surface area contributed by atoms with Crippen molar-refractivity contribution < 1.29 is 13.2 Å². The van der Waals surface area contributed by atoms with E-state index in [0.717, 1.165) is 25.2 Å². The van der Waals surface area contributed by atoms with Crippen LogP contribution in [0.3, 0.4) is 0 Å². The first kappa shape index (κ1) is 23.1. The first-order valence-electron chi connectivity index (χ1n) is 8.42. The topological polar surface area (TPSA) is 39.7 Å². The Bertz CT molecular complexity index is 583. The predicted molar refractivity (Wildman–Crippen MR) is 112 cm³/mol. The average molecular weight is 505 g/mol. The maximum atomic E-state index is 12.1. The van der Waals surface area contributed by atoms with E-state index in [1.807, 2.05) is 24.3 Å². The largest absolute Gasteiger partial charge is 0.389 e. The Morgan fingerprint density at radius 1 is 1.35 bits per heavy atom. The molecular weight excluding hydrogens is 480 g/mol. The molecule has 1 aliphatic heterocycles. The Hall–Kier alpha value is -0.900. The summed E-state index contributed by atoms with van der Waals surface area (Å²) in [6, 6.07) is 7.99. The van der Waals surface area contributed by atoms with Crippen molar-refractivity contribution in [1.82, 2.24) is 10.6 Å².